The first-order chi connectivity index (χ1) is 21.8. The molecule has 0 fully saturated rings. The summed E-state index contributed by atoms with van der Waals surface area (Å²) in [7, 11) is 1.73. The minimum absolute atomic E-state index is 0.0899. The number of hydrogen-bond donors (Lipinski definition) is 1. The summed E-state index contributed by atoms with van der Waals surface area (Å²) >= 11 is 0. The van der Waals surface area contributed by atoms with Gasteiger partial charge in [0.15, 0.2) is 0 Å². The largest absolute Gasteiger partial charge is 0.444 e. The summed E-state index contributed by atoms with van der Waals surface area (Å²) in [5.74, 6) is -0.936. The molecule has 0 aliphatic carbocycles. The number of likely N-dealkylation sites (N-methyl/N-ethyl adjacent to an activating group) is 2. The molecule has 2 aromatic carbocycles. The molecule has 13 nitrogen and oxygen atoms in total. The normalized spacial score (nSPS) is 12.8. The third-order valence-electron chi connectivity index (χ3n) is 7.71. The van der Waals surface area contributed by atoms with Crippen molar-refractivity contribution in [3.63, 3.8) is 0 Å². The van der Waals surface area contributed by atoms with Crippen molar-refractivity contribution >= 4 is 23.6 Å². The van der Waals surface area contributed by atoms with Gasteiger partial charge in [-0.3, -0.25) is 14.6 Å². The standard InChI is InChI=1S/C33H45N7O6/c1-8-37(31(43)46-33(4,5)6)17-16-34-28(41)21-38(22-29(42)36(7)39-19-25-12-10-11-13-26(25)20-39)27-18-24(15-14-23(27)3)30-35-40(9-2)32(44)45-30/h10-15,18H,8-9,16-17,19-22H2,1-7H3,(H,34,41). The second kappa shape index (κ2) is 14.6. The number of ether oxygens (including phenoxy) is 1. The van der Waals surface area contributed by atoms with Gasteiger partial charge in [0.2, 0.25) is 11.8 Å². The van der Waals surface area contributed by atoms with Crippen LogP contribution >= 0.6 is 0 Å². The van der Waals surface area contributed by atoms with Crippen molar-refractivity contribution in [2.24, 2.45) is 0 Å². The highest BCUT2D eigenvalue weighted by Crippen LogP contribution is 2.28. The summed E-state index contributed by atoms with van der Waals surface area (Å²) < 4.78 is 12.1. The lowest BCUT2D eigenvalue weighted by atomic mass is 10.1. The first-order valence-corrected chi connectivity index (χ1v) is 15.6. The maximum absolute atomic E-state index is 13.7. The highest BCUT2D eigenvalue weighted by atomic mass is 16.6. The molecular weight excluding hydrogens is 590 g/mol. The molecule has 0 saturated carbocycles. The van der Waals surface area contributed by atoms with E-state index in [0.29, 0.717) is 37.4 Å². The maximum atomic E-state index is 13.7. The van der Waals surface area contributed by atoms with Crippen molar-refractivity contribution in [1.82, 2.24) is 30.0 Å². The minimum atomic E-state index is -0.630. The monoisotopic (exact) mass is 635 g/mol. The Kier molecular flexibility index (Phi) is 10.9. The van der Waals surface area contributed by atoms with Crippen LogP contribution in [-0.4, -0.2) is 88.0 Å². The van der Waals surface area contributed by atoms with E-state index in [9.17, 15) is 19.2 Å². The van der Waals surface area contributed by atoms with E-state index in [4.69, 9.17) is 9.15 Å². The van der Waals surface area contributed by atoms with Crippen LogP contribution in [0.2, 0.25) is 0 Å². The van der Waals surface area contributed by atoms with Crippen LogP contribution < -0.4 is 16.0 Å². The molecule has 3 aromatic rings. The molecule has 0 radical (unpaired) electrons. The van der Waals surface area contributed by atoms with Crippen molar-refractivity contribution in [1.29, 1.82) is 0 Å². The topological polar surface area (TPSA) is 133 Å². The fraction of sp³-hybridized carbons (Fsp3) is 0.485. The lowest BCUT2D eigenvalue weighted by Gasteiger charge is -2.32. The Balaban J connectivity index is 1.52. The molecule has 13 heteroatoms. The van der Waals surface area contributed by atoms with E-state index in [0.717, 1.165) is 5.56 Å². The predicted octanol–water partition coefficient (Wildman–Crippen LogP) is 3.40. The lowest BCUT2D eigenvalue weighted by molar-refractivity contribution is -0.145. The van der Waals surface area contributed by atoms with Gasteiger partial charge in [-0.25, -0.2) is 14.6 Å². The Morgan fingerprint density at radius 2 is 1.72 bits per heavy atom. The van der Waals surface area contributed by atoms with Crippen LogP contribution in [0.5, 0.6) is 0 Å². The van der Waals surface area contributed by atoms with Gasteiger partial charge in [-0.1, -0.05) is 30.3 Å². The predicted molar refractivity (Wildman–Crippen MR) is 174 cm³/mol. The smallest absolute Gasteiger partial charge is 0.437 e. The quantitative estimate of drug-likeness (QED) is 0.318. The number of aryl methyl sites for hydroxylation is 2. The number of hydrazine groups is 1. The van der Waals surface area contributed by atoms with Gasteiger partial charge in [-0.15, -0.1) is 5.10 Å². The number of amides is 3. The van der Waals surface area contributed by atoms with E-state index >= 15 is 0 Å². The molecule has 2 heterocycles. The molecule has 0 saturated heterocycles. The maximum Gasteiger partial charge on any atom is 0.437 e. The first kappa shape index (κ1) is 34.2. The number of carbonyl (C=O) groups is 3. The van der Waals surface area contributed by atoms with Crippen LogP contribution in [0.4, 0.5) is 10.5 Å². The summed E-state index contributed by atoms with van der Waals surface area (Å²) in [6, 6.07) is 13.5. The number of anilines is 1. The number of aromatic nitrogens is 2. The zero-order valence-corrected chi connectivity index (χ0v) is 27.8. The summed E-state index contributed by atoms with van der Waals surface area (Å²) in [5, 5.41) is 10.7. The van der Waals surface area contributed by atoms with E-state index in [1.807, 2.05) is 37.1 Å². The number of hydrogen-bond acceptors (Lipinski definition) is 9. The Hall–Kier alpha value is -4.65. The number of benzene rings is 2. The van der Waals surface area contributed by atoms with Crippen LogP contribution in [0.15, 0.2) is 51.7 Å². The van der Waals surface area contributed by atoms with Crippen LogP contribution in [0, 0.1) is 6.92 Å². The zero-order valence-electron chi connectivity index (χ0n) is 27.8. The van der Waals surface area contributed by atoms with E-state index in [1.54, 1.807) is 56.8 Å². The van der Waals surface area contributed by atoms with Gasteiger partial charge in [-0.2, -0.15) is 4.68 Å². The molecule has 1 aliphatic heterocycles. The number of nitrogens with zero attached hydrogens (tertiary/aromatic N) is 6. The lowest BCUT2D eigenvalue weighted by Crippen LogP contribution is -2.48. The van der Waals surface area contributed by atoms with Gasteiger partial charge in [0.05, 0.1) is 13.1 Å². The Morgan fingerprint density at radius 1 is 1.04 bits per heavy atom. The summed E-state index contributed by atoms with van der Waals surface area (Å²) in [6.07, 6.45) is -0.451. The van der Waals surface area contributed by atoms with Gasteiger partial charge in [0.25, 0.3) is 5.91 Å². The van der Waals surface area contributed by atoms with Crippen LogP contribution in [0.3, 0.4) is 0 Å². The highest BCUT2D eigenvalue weighted by molar-refractivity contribution is 5.87. The van der Waals surface area contributed by atoms with E-state index < -0.39 is 17.5 Å². The Morgan fingerprint density at radius 3 is 2.30 bits per heavy atom. The van der Waals surface area contributed by atoms with Crippen molar-refractivity contribution in [2.75, 3.05) is 44.7 Å². The van der Waals surface area contributed by atoms with Gasteiger partial charge < -0.3 is 24.3 Å². The molecule has 1 aliphatic rings. The van der Waals surface area contributed by atoms with E-state index in [2.05, 4.69) is 22.5 Å². The molecule has 0 atom stereocenters. The Bertz CT molecular complexity index is 1580. The number of fused-ring (bicyclic) bond motifs is 1. The second-order valence-electron chi connectivity index (χ2n) is 12.3. The van der Waals surface area contributed by atoms with Gasteiger partial charge in [0.1, 0.15) is 5.60 Å². The molecule has 3 amide bonds. The summed E-state index contributed by atoms with van der Waals surface area (Å²) in [4.78, 5) is 54.9. The SMILES string of the molecule is CCN(CCNC(=O)CN(CC(=O)N(C)N1Cc2ccccc2C1)c1cc(-c2nn(CC)c(=O)o2)ccc1C)C(=O)OC(C)(C)C. The minimum Gasteiger partial charge on any atom is -0.444 e. The van der Waals surface area contributed by atoms with E-state index in [1.165, 1.54) is 20.7 Å². The average Bonchev–Trinajstić information content (AvgIpc) is 3.61. The molecule has 0 bridgehead atoms. The second-order valence-corrected chi connectivity index (χ2v) is 12.3. The fourth-order valence-electron chi connectivity index (χ4n) is 5.15. The number of carbonyl (C=O) groups excluding carboxylic acids is 3. The van der Waals surface area contributed by atoms with Crippen LogP contribution in [-0.2, 0) is 34.0 Å². The molecule has 248 valence electrons. The van der Waals surface area contributed by atoms with Gasteiger partial charge in [-0.05, 0) is 70.4 Å². The van der Waals surface area contributed by atoms with Crippen LogP contribution in [0.25, 0.3) is 11.5 Å². The zero-order chi connectivity index (χ0) is 33.6. The fourth-order valence-corrected chi connectivity index (χ4v) is 5.15. The molecular formula is C33H45N7O6. The van der Waals surface area contributed by atoms with Crippen molar-refractivity contribution < 1.29 is 23.5 Å². The molecule has 4 rings (SSSR count). The average molecular weight is 636 g/mol. The van der Waals surface area contributed by atoms with Crippen molar-refractivity contribution in [3.8, 4) is 11.5 Å². The van der Waals surface area contributed by atoms with Crippen molar-refractivity contribution in [3.05, 3.63) is 69.7 Å². The third-order valence-corrected chi connectivity index (χ3v) is 7.71. The highest BCUT2D eigenvalue weighted by Gasteiger charge is 2.28. The molecule has 46 heavy (non-hydrogen) atoms. The summed E-state index contributed by atoms with van der Waals surface area (Å²) in [6.45, 7) is 13.2. The molecule has 1 aromatic heterocycles. The third kappa shape index (κ3) is 8.53. The first-order valence-electron chi connectivity index (χ1n) is 15.6. The molecule has 1 N–H and O–H groups in total. The Labute approximate surface area is 269 Å². The number of nitrogens with one attached hydrogen (secondary N) is 1. The number of rotatable bonds is 12. The van der Waals surface area contributed by atoms with Gasteiger partial charge in [0, 0.05) is 57.6 Å². The summed E-state index contributed by atoms with van der Waals surface area (Å²) in [5.41, 5.74) is 3.69. The van der Waals surface area contributed by atoms with Crippen molar-refractivity contribution in [2.45, 2.75) is 66.8 Å². The molecule has 0 spiro atoms. The van der Waals surface area contributed by atoms with Crippen LogP contribution in [0.1, 0.15) is 51.3 Å². The van der Waals surface area contributed by atoms with Gasteiger partial charge >= 0.3 is 11.8 Å². The molecule has 0 unspecified atom stereocenters. The van der Waals surface area contributed by atoms with E-state index in [-0.39, 0.29) is 43.9 Å².